The van der Waals surface area contributed by atoms with Crippen molar-refractivity contribution >= 4 is 72.1 Å². The van der Waals surface area contributed by atoms with Gasteiger partial charge in [-0.1, -0.05) is 78.9 Å². The maximum absolute atomic E-state index is 3.72. The Bertz CT molecular complexity index is 2390. The molecule has 1 atom stereocenters. The van der Waals surface area contributed by atoms with Crippen molar-refractivity contribution in [3.8, 4) is 11.1 Å². The van der Waals surface area contributed by atoms with E-state index in [1.165, 1.54) is 86.5 Å². The van der Waals surface area contributed by atoms with E-state index in [0.29, 0.717) is 0 Å². The monoisotopic (exact) mass is 584 g/mol. The normalized spacial score (nSPS) is 15.9. The first kappa shape index (κ1) is 25.6. The summed E-state index contributed by atoms with van der Waals surface area (Å²) in [6.45, 7) is 4.34. The number of aromatic nitrogens is 1. The molecule has 0 spiro atoms. The van der Waals surface area contributed by atoms with E-state index in [1.807, 2.05) is 11.3 Å². The van der Waals surface area contributed by atoms with Gasteiger partial charge in [0.1, 0.15) is 6.17 Å². The van der Waals surface area contributed by atoms with E-state index < -0.39 is 0 Å². The van der Waals surface area contributed by atoms with Gasteiger partial charge in [0.05, 0.1) is 10.4 Å². The number of nitrogens with zero attached hydrogens (tertiary/aromatic N) is 1. The van der Waals surface area contributed by atoms with Crippen LogP contribution in [0, 0.1) is 6.92 Å². The molecule has 1 aliphatic carbocycles. The van der Waals surface area contributed by atoms with E-state index in [0.717, 1.165) is 12.8 Å². The number of nitrogens with one attached hydrogen (secondary N) is 1. The van der Waals surface area contributed by atoms with Gasteiger partial charge in [0.2, 0.25) is 0 Å². The molecule has 0 fully saturated rings. The van der Waals surface area contributed by atoms with Crippen LogP contribution in [0.15, 0.2) is 103 Å². The van der Waals surface area contributed by atoms with Crippen LogP contribution in [0.5, 0.6) is 0 Å². The number of rotatable bonds is 3. The fraction of sp³-hybridized carbons (Fsp3) is 0.122. The van der Waals surface area contributed by atoms with Crippen LogP contribution < -0.4 is 5.32 Å². The molecule has 0 saturated carbocycles. The third kappa shape index (κ3) is 3.66. The van der Waals surface area contributed by atoms with Crippen LogP contribution in [-0.2, 0) is 6.42 Å². The Balaban J connectivity index is 1.21. The van der Waals surface area contributed by atoms with Crippen molar-refractivity contribution in [2.45, 2.75) is 32.9 Å². The molecule has 9 rings (SSSR count). The second-order valence-electron chi connectivity index (χ2n) is 12.0. The summed E-state index contributed by atoms with van der Waals surface area (Å²) in [6, 6.07) is 31.8. The van der Waals surface area contributed by atoms with E-state index in [2.05, 4.69) is 145 Å². The number of thiophene rings is 1. The lowest BCUT2D eigenvalue weighted by Crippen LogP contribution is -2.26. The summed E-state index contributed by atoms with van der Waals surface area (Å²) in [7, 11) is 0. The Labute approximate surface area is 261 Å². The van der Waals surface area contributed by atoms with Crippen LogP contribution in [0.3, 0.4) is 0 Å². The van der Waals surface area contributed by atoms with Crippen LogP contribution in [0.2, 0.25) is 0 Å². The van der Waals surface area contributed by atoms with Crippen LogP contribution in [0.1, 0.15) is 52.3 Å². The molecule has 2 nitrogen and oxygen atoms in total. The van der Waals surface area contributed by atoms with Gasteiger partial charge < -0.3 is 9.88 Å². The predicted molar refractivity (Wildman–Crippen MR) is 191 cm³/mol. The molecule has 1 aliphatic heterocycles. The number of aryl methyl sites for hydroxylation is 2. The summed E-state index contributed by atoms with van der Waals surface area (Å²) in [5, 5.41) is 11.8. The van der Waals surface area contributed by atoms with Crippen molar-refractivity contribution in [2.75, 3.05) is 0 Å². The quantitative estimate of drug-likeness (QED) is 0.204. The van der Waals surface area contributed by atoms with Crippen molar-refractivity contribution < 1.29 is 0 Å². The molecule has 212 valence electrons. The molecule has 1 N–H and O–H groups in total. The second-order valence-corrected chi connectivity index (χ2v) is 13.1. The van der Waals surface area contributed by atoms with E-state index in [-0.39, 0.29) is 6.17 Å². The van der Waals surface area contributed by atoms with Gasteiger partial charge in [-0.25, -0.2) is 0 Å². The lowest BCUT2D eigenvalue weighted by Gasteiger charge is -2.25. The highest BCUT2D eigenvalue weighted by Crippen LogP contribution is 2.44. The fourth-order valence-electron chi connectivity index (χ4n) is 7.63. The molecule has 0 radical (unpaired) electrons. The van der Waals surface area contributed by atoms with Gasteiger partial charge >= 0.3 is 0 Å². The number of hydrogen-bond acceptors (Lipinski definition) is 2. The van der Waals surface area contributed by atoms with Gasteiger partial charge in [0.15, 0.2) is 0 Å². The van der Waals surface area contributed by atoms with Gasteiger partial charge in [-0.3, -0.25) is 0 Å². The smallest absolute Gasteiger partial charge is 0.140 e. The first-order chi connectivity index (χ1) is 21.7. The van der Waals surface area contributed by atoms with Gasteiger partial charge in [-0.2, -0.15) is 0 Å². The van der Waals surface area contributed by atoms with Crippen molar-refractivity contribution in [3.63, 3.8) is 0 Å². The molecule has 0 amide bonds. The minimum absolute atomic E-state index is 0.0351. The highest BCUT2D eigenvalue weighted by Gasteiger charge is 2.27. The largest absolute Gasteiger partial charge is 0.367 e. The zero-order valence-electron chi connectivity index (χ0n) is 24.9. The highest BCUT2D eigenvalue weighted by atomic mass is 32.1. The highest BCUT2D eigenvalue weighted by molar-refractivity contribution is 7.19. The standard InChI is InChI=1S/C41H32N2S/c1-3-10-37-25(2)28-11-8-9-16-38(28)43(37)41-40-34(21-22-42-41)36-24-27(18-20-39(36)44-40)26-17-19-33-31-14-5-4-12-29(31)30-13-6-7-15-32(30)35(33)23-26/h3-4,6-13,15-24,41-42H,5,14H2,1-2H3/b10-3-. The molecular weight excluding hydrogens is 553 g/mol. The Kier molecular flexibility index (Phi) is 5.73. The van der Waals surface area contributed by atoms with Crippen molar-refractivity contribution in [3.05, 3.63) is 136 Å². The lowest BCUT2D eigenvalue weighted by atomic mass is 9.86. The second kappa shape index (κ2) is 9.83. The van der Waals surface area contributed by atoms with Crippen molar-refractivity contribution in [1.29, 1.82) is 0 Å². The van der Waals surface area contributed by atoms with E-state index in [1.54, 1.807) is 0 Å². The summed E-state index contributed by atoms with van der Waals surface area (Å²) in [4.78, 5) is 1.36. The number of hydrogen-bond donors (Lipinski definition) is 1. The minimum atomic E-state index is 0.0351. The molecular formula is C41H32N2S. The molecule has 2 aliphatic rings. The zero-order chi connectivity index (χ0) is 29.4. The zero-order valence-corrected chi connectivity index (χ0v) is 25.7. The van der Waals surface area contributed by atoms with Crippen LogP contribution in [-0.4, -0.2) is 4.57 Å². The minimum Gasteiger partial charge on any atom is -0.367 e. The average Bonchev–Trinajstić information content (AvgIpc) is 3.59. The average molecular weight is 585 g/mol. The summed E-state index contributed by atoms with van der Waals surface area (Å²) in [5.74, 6) is 0. The molecule has 44 heavy (non-hydrogen) atoms. The molecule has 2 aromatic heterocycles. The Morgan fingerprint density at radius 2 is 1.55 bits per heavy atom. The van der Waals surface area contributed by atoms with E-state index in [4.69, 9.17) is 0 Å². The van der Waals surface area contributed by atoms with Crippen LogP contribution >= 0.6 is 11.3 Å². The predicted octanol–water partition coefficient (Wildman–Crippen LogP) is 11.3. The topological polar surface area (TPSA) is 17.0 Å². The van der Waals surface area contributed by atoms with Gasteiger partial charge in [-0.15, -0.1) is 11.3 Å². The molecule has 1 unspecified atom stereocenters. The maximum Gasteiger partial charge on any atom is 0.140 e. The third-order valence-corrected chi connectivity index (χ3v) is 10.9. The van der Waals surface area contributed by atoms with Crippen molar-refractivity contribution in [2.24, 2.45) is 0 Å². The van der Waals surface area contributed by atoms with E-state index >= 15 is 0 Å². The van der Waals surface area contributed by atoms with Crippen LogP contribution in [0.4, 0.5) is 0 Å². The third-order valence-electron chi connectivity index (χ3n) is 9.66. The van der Waals surface area contributed by atoms with E-state index in [9.17, 15) is 0 Å². The van der Waals surface area contributed by atoms with Gasteiger partial charge in [-0.05, 0) is 119 Å². The van der Waals surface area contributed by atoms with Crippen LogP contribution in [0.25, 0.3) is 71.9 Å². The lowest BCUT2D eigenvalue weighted by molar-refractivity contribution is 0.550. The SMILES string of the molecule is C/C=C\c1c(C)c2ccccc2n1C1NC=Cc2c1sc1ccc(-c3ccc4c5c(c6ccccc6c4c3)C=CCC5)cc21. The molecule has 0 saturated heterocycles. The maximum atomic E-state index is 3.72. The van der Waals surface area contributed by atoms with Crippen molar-refractivity contribution in [1.82, 2.24) is 9.88 Å². The number of fused-ring (bicyclic) bond motifs is 10. The molecule has 0 bridgehead atoms. The molecule has 5 aromatic carbocycles. The summed E-state index contributed by atoms with van der Waals surface area (Å²) >= 11 is 1.91. The molecule has 3 heterocycles. The molecule has 7 aromatic rings. The summed E-state index contributed by atoms with van der Waals surface area (Å²) in [5.41, 5.74) is 10.6. The Hall–Kier alpha value is -4.86. The summed E-state index contributed by atoms with van der Waals surface area (Å²) in [6.07, 6.45) is 15.7. The fourth-order valence-corrected chi connectivity index (χ4v) is 8.85. The van der Waals surface area contributed by atoms with Gasteiger partial charge in [0.25, 0.3) is 0 Å². The number of benzene rings is 5. The Morgan fingerprint density at radius 1 is 0.773 bits per heavy atom. The first-order valence-corrected chi connectivity index (χ1v) is 16.4. The number of allylic oxidation sites excluding steroid dienone is 2. The molecule has 3 heteroatoms. The summed E-state index contributed by atoms with van der Waals surface area (Å²) < 4.78 is 3.80. The number of para-hydroxylation sites is 1. The first-order valence-electron chi connectivity index (χ1n) is 15.6. The Morgan fingerprint density at radius 3 is 2.41 bits per heavy atom. The van der Waals surface area contributed by atoms with Gasteiger partial charge in [0, 0.05) is 26.7 Å².